The van der Waals surface area contributed by atoms with Gasteiger partial charge in [0.1, 0.15) is 11.6 Å². The third-order valence-corrected chi connectivity index (χ3v) is 11.0. The summed E-state index contributed by atoms with van der Waals surface area (Å²) in [6.07, 6.45) is 5.29. The molecular formula is C57H34F2IrN3. The van der Waals surface area contributed by atoms with Gasteiger partial charge in [0.2, 0.25) is 0 Å². The molecule has 0 radical (unpaired) electrons. The van der Waals surface area contributed by atoms with Crippen LogP contribution in [0.25, 0.3) is 101 Å². The quantitative estimate of drug-likeness (QED) is 0.135. The average Bonchev–Trinajstić information content (AvgIpc) is 3.35. The van der Waals surface area contributed by atoms with Gasteiger partial charge in [0.25, 0.3) is 0 Å². The summed E-state index contributed by atoms with van der Waals surface area (Å²) >= 11 is 0. The van der Waals surface area contributed by atoms with Crippen molar-refractivity contribution in [3.05, 3.63) is 236 Å². The van der Waals surface area contributed by atoms with Crippen molar-refractivity contribution in [2.75, 3.05) is 0 Å². The van der Waals surface area contributed by atoms with Crippen molar-refractivity contribution in [1.29, 1.82) is 0 Å². The van der Waals surface area contributed by atoms with E-state index in [0.717, 1.165) is 89.4 Å². The minimum atomic E-state index is -0.372. The van der Waals surface area contributed by atoms with Gasteiger partial charge >= 0.3 is 20.1 Å². The summed E-state index contributed by atoms with van der Waals surface area (Å²) in [5.41, 5.74) is 15.1. The first-order chi connectivity index (χ1) is 30.5. The van der Waals surface area contributed by atoms with Crippen LogP contribution in [0.4, 0.5) is 8.78 Å². The van der Waals surface area contributed by atoms with Crippen molar-refractivity contribution in [1.82, 2.24) is 15.0 Å². The van der Waals surface area contributed by atoms with Crippen LogP contribution in [-0.4, -0.2) is 15.0 Å². The van der Waals surface area contributed by atoms with Crippen LogP contribution in [0.2, 0.25) is 0 Å². The molecule has 0 aliphatic rings. The van der Waals surface area contributed by atoms with E-state index in [1.807, 2.05) is 121 Å². The van der Waals surface area contributed by atoms with Crippen molar-refractivity contribution in [3.63, 3.8) is 0 Å². The molecule has 0 aliphatic carbocycles. The standard InChI is InChI=1S/C57H34F2N3.Ir/c58-47-26-28-51(39-16-22-42(23-17-39)56-12-4-7-31-61-56)53(36-47)45-33-44(50-10-2-1-9-49(50)38-14-20-41(21-15-38)55-11-3-6-30-60-55)34-46(35-45)54-37-48(59)27-29-52(54)40-18-24-43(25-19-40)57-13-5-8-32-62-57;/h1-20,22,24,26-37H;/q-3;+3. The number of hydrogen-bond acceptors (Lipinski definition) is 3. The third-order valence-electron chi connectivity index (χ3n) is 11.0. The van der Waals surface area contributed by atoms with Gasteiger partial charge < -0.3 is 15.0 Å². The van der Waals surface area contributed by atoms with E-state index >= 15 is 8.78 Å². The molecule has 0 fully saturated rings. The third kappa shape index (κ3) is 8.69. The molecule has 0 saturated carbocycles. The molecule has 0 unspecified atom stereocenters. The maximum Gasteiger partial charge on any atom is 3.00 e. The van der Waals surface area contributed by atoms with Gasteiger partial charge in [-0.2, -0.15) is 0 Å². The number of rotatable bonds is 9. The Bertz CT molecular complexity index is 3010. The Kier molecular flexibility index (Phi) is 11.8. The molecule has 7 aromatic carbocycles. The Labute approximate surface area is 378 Å². The molecule has 0 aliphatic heterocycles. The number of benzene rings is 7. The Morgan fingerprint density at radius 2 is 0.635 bits per heavy atom. The topological polar surface area (TPSA) is 38.7 Å². The molecule has 0 bridgehead atoms. The largest absolute Gasteiger partial charge is 3.00 e. The van der Waals surface area contributed by atoms with E-state index in [4.69, 9.17) is 0 Å². The number of halogens is 2. The minimum absolute atomic E-state index is 0. The minimum Gasteiger partial charge on any atom is -0.305 e. The van der Waals surface area contributed by atoms with Crippen LogP contribution in [0.1, 0.15) is 0 Å². The van der Waals surface area contributed by atoms with Crippen LogP contribution in [-0.2, 0) is 20.1 Å². The van der Waals surface area contributed by atoms with E-state index < -0.39 is 0 Å². The summed E-state index contributed by atoms with van der Waals surface area (Å²) < 4.78 is 31.1. The number of aromatic nitrogens is 3. The van der Waals surface area contributed by atoms with Gasteiger partial charge in [0.15, 0.2) is 0 Å². The number of nitrogens with zero attached hydrogens (tertiary/aromatic N) is 3. The zero-order valence-electron chi connectivity index (χ0n) is 33.6. The van der Waals surface area contributed by atoms with Crippen LogP contribution < -0.4 is 0 Å². The molecule has 3 nitrogen and oxygen atoms in total. The first-order valence-electron chi connectivity index (χ1n) is 20.2. The van der Waals surface area contributed by atoms with Crippen LogP contribution >= 0.6 is 0 Å². The van der Waals surface area contributed by atoms with Gasteiger partial charge in [-0.1, -0.05) is 106 Å². The van der Waals surface area contributed by atoms with Gasteiger partial charge in [0.05, 0.1) is 0 Å². The Balaban J connectivity index is 0.00000504. The molecule has 300 valence electrons. The van der Waals surface area contributed by atoms with Crippen molar-refractivity contribution >= 4 is 0 Å². The molecule has 0 amide bonds. The fraction of sp³-hybridized carbons (Fsp3) is 0. The van der Waals surface area contributed by atoms with Crippen molar-refractivity contribution in [2.45, 2.75) is 0 Å². The summed E-state index contributed by atoms with van der Waals surface area (Å²) in [5.74, 6) is -0.743. The molecule has 63 heavy (non-hydrogen) atoms. The molecule has 6 heteroatoms. The number of pyridine rings is 3. The summed E-state index contributed by atoms with van der Waals surface area (Å²) in [7, 11) is 0. The van der Waals surface area contributed by atoms with Crippen LogP contribution in [0, 0.1) is 29.8 Å². The van der Waals surface area contributed by atoms with Gasteiger partial charge in [-0.25, -0.2) is 8.78 Å². The van der Waals surface area contributed by atoms with Crippen LogP contribution in [0.3, 0.4) is 0 Å². The van der Waals surface area contributed by atoms with Crippen LogP contribution in [0.5, 0.6) is 0 Å². The van der Waals surface area contributed by atoms with Crippen molar-refractivity contribution in [2.24, 2.45) is 0 Å². The molecule has 0 atom stereocenters. The monoisotopic (exact) mass is 991 g/mol. The van der Waals surface area contributed by atoms with Crippen molar-refractivity contribution in [3.8, 4) is 101 Å². The maximum absolute atomic E-state index is 15.5. The molecule has 3 aromatic heterocycles. The Hall–Kier alpha value is -7.50. The van der Waals surface area contributed by atoms with Crippen molar-refractivity contribution < 1.29 is 28.9 Å². The predicted molar refractivity (Wildman–Crippen MR) is 245 cm³/mol. The molecule has 10 rings (SSSR count). The first kappa shape index (κ1) is 40.9. The maximum atomic E-state index is 15.5. The van der Waals surface area contributed by atoms with E-state index in [9.17, 15) is 0 Å². The van der Waals surface area contributed by atoms with Gasteiger partial charge in [-0.15, -0.1) is 89.5 Å². The fourth-order valence-corrected chi connectivity index (χ4v) is 7.92. The molecule has 0 spiro atoms. The SMILES string of the molecule is Fc1ccc(-c2c[c-]c(-c3ccccn3)cc2)c(-c2cc(-c3ccccc3-c3c[c-]c(-c4ccccn4)cc3)cc(-c3cc(F)ccc3-c3c[c-]c(-c4ccccn4)cc3)c2)c1.[Ir+3]. The molecule has 10 aromatic rings. The van der Waals surface area contributed by atoms with Gasteiger partial charge in [-0.3, -0.25) is 0 Å². The van der Waals surface area contributed by atoms with E-state index in [2.05, 4.69) is 63.5 Å². The second-order valence-corrected chi connectivity index (χ2v) is 14.8. The van der Waals surface area contributed by atoms with Crippen LogP contribution in [0.15, 0.2) is 207 Å². The fourth-order valence-electron chi connectivity index (χ4n) is 7.92. The zero-order valence-corrected chi connectivity index (χ0v) is 36.0. The number of hydrogen-bond donors (Lipinski definition) is 0. The van der Waals surface area contributed by atoms with E-state index in [-0.39, 0.29) is 31.7 Å². The average molecular weight is 991 g/mol. The Morgan fingerprint density at radius 1 is 0.302 bits per heavy atom. The normalized spacial score (nSPS) is 10.9. The molecular weight excluding hydrogens is 957 g/mol. The summed E-state index contributed by atoms with van der Waals surface area (Å²) in [5, 5.41) is 0. The molecule has 0 N–H and O–H groups in total. The Morgan fingerprint density at radius 3 is 0.968 bits per heavy atom. The molecule has 3 heterocycles. The van der Waals surface area contributed by atoms with Gasteiger partial charge in [-0.05, 0) is 111 Å². The predicted octanol–water partition coefficient (Wildman–Crippen LogP) is 14.6. The summed E-state index contributed by atoms with van der Waals surface area (Å²) in [6, 6.07) is 69.6. The van der Waals surface area contributed by atoms with E-state index in [0.29, 0.717) is 11.1 Å². The molecule has 0 saturated heterocycles. The zero-order chi connectivity index (χ0) is 41.8. The van der Waals surface area contributed by atoms with Gasteiger partial charge in [0, 0.05) is 18.6 Å². The second-order valence-electron chi connectivity index (χ2n) is 14.8. The van der Waals surface area contributed by atoms with E-state index in [1.54, 1.807) is 42.9 Å². The summed E-state index contributed by atoms with van der Waals surface area (Å²) in [6.45, 7) is 0. The van der Waals surface area contributed by atoms with E-state index in [1.165, 1.54) is 12.1 Å². The first-order valence-corrected chi connectivity index (χ1v) is 20.2. The summed E-state index contributed by atoms with van der Waals surface area (Å²) in [4.78, 5) is 13.5. The smallest absolute Gasteiger partial charge is 0.305 e. The second kappa shape index (κ2) is 18.2.